The van der Waals surface area contributed by atoms with Crippen LogP contribution in [0, 0.1) is 6.92 Å². The van der Waals surface area contributed by atoms with Crippen molar-refractivity contribution >= 4 is 0 Å². The highest BCUT2D eigenvalue weighted by Crippen LogP contribution is 1.97. The van der Waals surface area contributed by atoms with Gasteiger partial charge in [0.1, 0.15) is 12.9 Å². The molecule has 68 valence electrons. The van der Waals surface area contributed by atoms with Gasteiger partial charge < -0.3 is 4.42 Å². The molecule has 7 nitrogen and oxygen atoms in total. The van der Waals surface area contributed by atoms with Gasteiger partial charge in [-0.3, -0.25) is 4.98 Å². The molecule has 0 aliphatic rings. The number of nitrogens with one attached hydrogen (secondary N) is 1. The predicted molar refractivity (Wildman–Crippen MR) is 41.0 cm³/mol. The van der Waals surface area contributed by atoms with Gasteiger partial charge in [-0.1, -0.05) is 0 Å². The number of aromatic amines is 1. The van der Waals surface area contributed by atoms with Crippen molar-refractivity contribution in [1.82, 2.24) is 25.0 Å². The van der Waals surface area contributed by atoms with Crippen molar-refractivity contribution < 1.29 is 4.42 Å². The molecule has 2 rings (SSSR count). The van der Waals surface area contributed by atoms with Gasteiger partial charge in [0.05, 0.1) is 0 Å². The minimum atomic E-state index is -0.296. The Morgan fingerprint density at radius 2 is 2.46 bits per heavy atom. The zero-order chi connectivity index (χ0) is 9.26. The number of aromatic nitrogens is 5. The van der Waals surface area contributed by atoms with Crippen molar-refractivity contribution in [2.75, 3.05) is 0 Å². The highest BCUT2D eigenvalue weighted by atomic mass is 16.4. The number of nitrogens with zero attached hydrogens (tertiary/aromatic N) is 4. The van der Waals surface area contributed by atoms with Crippen molar-refractivity contribution in [3.8, 4) is 0 Å². The van der Waals surface area contributed by atoms with Gasteiger partial charge >= 0.3 is 5.69 Å². The molecule has 0 saturated carbocycles. The van der Waals surface area contributed by atoms with E-state index in [4.69, 9.17) is 4.42 Å². The van der Waals surface area contributed by atoms with E-state index in [0.29, 0.717) is 11.8 Å². The normalized spacial score (nSPS) is 10.5. The van der Waals surface area contributed by atoms with Crippen LogP contribution < -0.4 is 5.69 Å². The summed E-state index contributed by atoms with van der Waals surface area (Å²) in [4.78, 5) is 13.4. The van der Waals surface area contributed by atoms with Crippen LogP contribution in [-0.2, 0) is 6.54 Å². The van der Waals surface area contributed by atoms with Crippen LogP contribution in [0.5, 0.6) is 0 Å². The largest absolute Gasteiger partial charge is 0.424 e. The smallest absolute Gasteiger partial charge is 0.343 e. The highest BCUT2D eigenvalue weighted by molar-refractivity contribution is 4.79. The van der Waals surface area contributed by atoms with Gasteiger partial charge in [-0.25, -0.2) is 9.48 Å². The van der Waals surface area contributed by atoms with E-state index in [1.54, 1.807) is 6.92 Å². The Kier molecular flexibility index (Phi) is 1.69. The molecule has 2 heterocycles. The second kappa shape index (κ2) is 2.85. The molecule has 0 unspecified atom stereocenters. The molecule has 0 aliphatic heterocycles. The Hall–Kier alpha value is -1.92. The van der Waals surface area contributed by atoms with Crippen LogP contribution in [0.4, 0.5) is 0 Å². The second-order valence-electron chi connectivity index (χ2n) is 2.47. The summed E-state index contributed by atoms with van der Waals surface area (Å²) < 4.78 is 6.28. The topological polar surface area (TPSA) is 89.6 Å². The lowest BCUT2D eigenvalue weighted by Gasteiger charge is -1.91. The molecule has 0 radical (unpaired) electrons. The number of hydrogen-bond donors (Lipinski definition) is 1. The molecule has 0 spiro atoms. The summed E-state index contributed by atoms with van der Waals surface area (Å²) in [5, 5.41) is 11.1. The van der Waals surface area contributed by atoms with Gasteiger partial charge in [0, 0.05) is 6.92 Å². The Balaban J connectivity index is 2.24. The minimum Gasteiger partial charge on any atom is -0.424 e. The summed E-state index contributed by atoms with van der Waals surface area (Å²) in [6, 6.07) is 0. The van der Waals surface area contributed by atoms with Gasteiger partial charge in [0.25, 0.3) is 0 Å². The van der Waals surface area contributed by atoms with Crippen LogP contribution in [-0.4, -0.2) is 25.0 Å². The first kappa shape index (κ1) is 7.71. The third-order valence-electron chi connectivity index (χ3n) is 1.47. The summed E-state index contributed by atoms with van der Waals surface area (Å²) in [7, 11) is 0. The highest BCUT2D eigenvalue weighted by Gasteiger charge is 2.05. The van der Waals surface area contributed by atoms with Crippen LogP contribution in [0.15, 0.2) is 15.5 Å². The summed E-state index contributed by atoms with van der Waals surface area (Å²) in [6.07, 6.45) is 1.31. The van der Waals surface area contributed by atoms with Crippen molar-refractivity contribution in [1.29, 1.82) is 0 Å². The number of hydrogen-bond acceptors (Lipinski definition) is 5. The lowest BCUT2D eigenvalue weighted by atomic mass is 10.6. The van der Waals surface area contributed by atoms with Gasteiger partial charge in [-0.2, -0.15) is 5.10 Å². The average molecular weight is 181 g/mol. The van der Waals surface area contributed by atoms with E-state index in [0.717, 1.165) is 0 Å². The molecule has 0 aromatic carbocycles. The summed E-state index contributed by atoms with van der Waals surface area (Å²) in [6.45, 7) is 1.88. The number of aryl methyl sites for hydroxylation is 1. The van der Waals surface area contributed by atoms with E-state index in [1.165, 1.54) is 11.0 Å². The SMILES string of the molecule is Cc1nnc(Cn2nc[nH]c2=O)o1. The Bertz CT molecular complexity index is 453. The molecule has 0 saturated heterocycles. The van der Waals surface area contributed by atoms with E-state index in [-0.39, 0.29) is 12.2 Å². The Morgan fingerprint density at radius 1 is 1.62 bits per heavy atom. The van der Waals surface area contributed by atoms with Crippen LogP contribution in [0.2, 0.25) is 0 Å². The Morgan fingerprint density at radius 3 is 3.00 bits per heavy atom. The zero-order valence-electron chi connectivity index (χ0n) is 6.89. The number of rotatable bonds is 2. The molecule has 1 N–H and O–H groups in total. The average Bonchev–Trinajstić information content (AvgIpc) is 2.64. The fraction of sp³-hybridized carbons (Fsp3) is 0.333. The van der Waals surface area contributed by atoms with E-state index < -0.39 is 0 Å². The van der Waals surface area contributed by atoms with Crippen molar-refractivity contribution in [3.05, 3.63) is 28.6 Å². The third-order valence-corrected chi connectivity index (χ3v) is 1.47. The molecule has 2 aromatic heterocycles. The fourth-order valence-electron chi connectivity index (χ4n) is 0.923. The maximum absolute atomic E-state index is 11.0. The lowest BCUT2D eigenvalue weighted by molar-refractivity contribution is 0.440. The predicted octanol–water partition coefficient (Wildman–Crippen LogP) is -0.689. The van der Waals surface area contributed by atoms with Crippen LogP contribution in [0.1, 0.15) is 11.8 Å². The Labute approximate surface area is 72.4 Å². The fourth-order valence-corrected chi connectivity index (χ4v) is 0.923. The molecule has 0 bridgehead atoms. The molecule has 0 atom stereocenters. The zero-order valence-corrected chi connectivity index (χ0v) is 6.89. The van der Waals surface area contributed by atoms with E-state index in [9.17, 15) is 4.79 Å². The van der Waals surface area contributed by atoms with Crippen molar-refractivity contribution in [2.45, 2.75) is 13.5 Å². The molecule has 7 heteroatoms. The van der Waals surface area contributed by atoms with Gasteiger partial charge in [-0.15, -0.1) is 10.2 Å². The van der Waals surface area contributed by atoms with E-state index in [2.05, 4.69) is 20.3 Å². The molecule has 0 aliphatic carbocycles. The van der Waals surface area contributed by atoms with Crippen LogP contribution >= 0.6 is 0 Å². The standard InChI is InChI=1S/C6H7N5O2/c1-4-9-10-5(13-4)2-11-6(12)7-3-8-11/h3H,2H2,1H3,(H,7,8,12). The van der Waals surface area contributed by atoms with Crippen LogP contribution in [0.3, 0.4) is 0 Å². The first-order chi connectivity index (χ1) is 6.25. The lowest BCUT2D eigenvalue weighted by Crippen LogP contribution is -2.18. The molecule has 2 aromatic rings. The molecular formula is C6H7N5O2. The van der Waals surface area contributed by atoms with Gasteiger partial charge in [0.15, 0.2) is 0 Å². The number of H-pyrrole nitrogens is 1. The monoisotopic (exact) mass is 181 g/mol. The third kappa shape index (κ3) is 1.48. The van der Waals surface area contributed by atoms with Crippen molar-refractivity contribution in [2.24, 2.45) is 0 Å². The molecule has 0 amide bonds. The first-order valence-corrected chi connectivity index (χ1v) is 3.65. The van der Waals surface area contributed by atoms with Crippen molar-refractivity contribution in [3.63, 3.8) is 0 Å². The summed E-state index contributed by atoms with van der Waals surface area (Å²) in [5.74, 6) is 0.838. The molecule has 0 fully saturated rings. The summed E-state index contributed by atoms with van der Waals surface area (Å²) in [5.41, 5.74) is -0.296. The van der Waals surface area contributed by atoms with Crippen LogP contribution in [0.25, 0.3) is 0 Å². The second-order valence-corrected chi connectivity index (χ2v) is 2.47. The maximum Gasteiger partial charge on any atom is 0.343 e. The summed E-state index contributed by atoms with van der Waals surface area (Å²) >= 11 is 0. The quantitative estimate of drug-likeness (QED) is 0.662. The van der Waals surface area contributed by atoms with Gasteiger partial charge in [-0.05, 0) is 0 Å². The molecule has 13 heavy (non-hydrogen) atoms. The minimum absolute atomic E-state index is 0.198. The first-order valence-electron chi connectivity index (χ1n) is 3.65. The van der Waals surface area contributed by atoms with E-state index in [1.807, 2.05) is 0 Å². The van der Waals surface area contributed by atoms with Gasteiger partial charge in [0.2, 0.25) is 11.8 Å². The maximum atomic E-state index is 11.0. The van der Waals surface area contributed by atoms with E-state index >= 15 is 0 Å². The molecular weight excluding hydrogens is 174 g/mol.